The average molecular weight is 555 g/mol. The second-order valence-corrected chi connectivity index (χ2v) is 8.37. The molecule has 0 aliphatic heterocycles. The lowest BCUT2D eigenvalue weighted by atomic mass is 10.2. The summed E-state index contributed by atoms with van der Waals surface area (Å²) in [6, 6.07) is 15.0. The third-order valence-corrected chi connectivity index (χ3v) is 5.48. The molecule has 0 bridgehead atoms. The second kappa shape index (κ2) is 12.6. The van der Waals surface area contributed by atoms with E-state index >= 15 is 0 Å². The van der Waals surface area contributed by atoms with Gasteiger partial charge in [-0.2, -0.15) is 0 Å². The summed E-state index contributed by atoms with van der Waals surface area (Å²) in [5, 5.41) is 4.90. The summed E-state index contributed by atoms with van der Waals surface area (Å²) in [6.45, 7) is -1.64. The van der Waals surface area contributed by atoms with E-state index < -0.39 is 60.6 Å². The number of carbonyl (C=O) groups is 3. The molecule has 0 radical (unpaired) electrons. The van der Waals surface area contributed by atoms with Gasteiger partial charge in [-0.3, -0.25) is 14.4 Å². The van der Waals surface area contributed by atoms with Crippen LogP contribution in [0.3, 0.4) is 0 Å². The Morgan fingerprint density at radius 3 is 2.08 bits per heavy atom. The van der Waals surface area contributed by atoms with E-state index in [-0.39, 0.29) is 22.8 Å². The number of amides is 3. The highest BCUT2D eigenvalue weighted by Crippen LogP contribution is 2.24. The number of carbonyl (C=O) groups excluding carboxylic acids is 3. The number of hydrogen-bond acceptors (Lipinski definition) is 5. The smallest absolute Gasteiger partial charge is 0.290 e. The SMILES string of the molecule is O=C(CN(CC(=O)Nc1ccc(Oc2ccc(F)c(F)c2)cc1)C(=O)c1ccco1)NCc1c(F)cccc1F. The minimum absolute atomic E-state index is 0.0683. The van der Waals surface area contributed by atoms with Crippen LogP contribution in [0.25, 0.3) is 0 Å². The first-order valence-corrected chi connectivity index (χ1v) is 11.7. The van der Waals surface area contributed by atoms with Crippen molar-refractivity contribution in [2.24, 2.45) is 0 Å². The number of nitrogens with one attached hydrogen (secondary N) is 2. The van der Waals surface area contributed by atoms with E-state index in [1.54, 1.807) is 0 Å². The number of benzene rings is 3. The fourth-order valence-electron chi connectivity index (χ4n) is 3.53. The minimum atomic E-state index is -1.07. The van der Waals surface area contributed by atoms with E-state index in [1.807, 2.05) is 0 Å². The van der Waals surface area contributed by atoms with Crippen molar-refractivity contribution >= 4 is 23.4 Å². The van der Waals surface area contributed by atoms with Crippen molar-refractivity contribution in [3.8, 4) is 11.5 Å². The Balaban J connectivity index is 1.38. The molecule has 0 atom stereocenters. The molecule has 2 N–H and O–H groups in total. The van der Waals surface area contributed by atoms with Gasteiger partial charge >= 0.3 is 0 Å². The number of furan rings is 1. The van der Waals surface area contributed by atoms with Gasteiger partial charge in [0, 0.05) is 23.9 Å². The quantitative estimate of drug-likeness (QED) is 0.268. The number of halogens is 4. The highest BCUT2D eigenvalue weighted by Gasteiger charge is 2.24. The molecule has 0 saturated carbocycles. The van der Waals surface area contributed by atoms with Gasteiger partial charge in [-0.1, -0.05) is 6.07 Å². The van der Waals surface area contributed by atoms with Crippen molar-refractivity contribution in [3.63, 3.8) is 0 Å². The van der Waals surface area contributed by atoms with Crippen LogP contribution in [0.2, 0.25) is 0 Å². The summed E-state index contributed by atoms with van der Waals surface area (Å²) in [5.74, 6) is -5.74. The largest absolute Gasteiger partial charge is 0.459 e. The van der Waals surface area contributed by atoms with E-state index in [1.165, 1.54) is 54.8 Å². The van der Waals surface area contributed by atoms with Crippen LogP contribution in [0.5, 0.6) is 11.5 Å². The molecule has 4 aromatic rings. The van der Waals surface area contributed by atoms with Gasteiger partial charge in [0.2, 0.25) is 11.8 Å². The maximum atomic E-state index is 13.9. The molecule has 40 heavy (non-hydrogen) atoms. The third kappa shape index (κ3) is 7.25. The Labute approximate surface area is 225 Å². The molecule has 1 heterocycles. The molecule has 4 rings (SSSR count). The van der Waals surface area contributed by atoms with Gasteiger partial charge in [-0.25, -0.2) is 17.6 Å². The molecule has 1 aromatic heterocycles. The lowest BCUT2D eigenvalue weighted by molar-refractivity contribution is -0.122. The monoisotopic (exact) mass is 555 g/mol. The molecule has 0 spiro atoms. The van der Waals surface area contributed by atoms with Crippen LogP contribution in [0.1, 0.15) is 16.1 Å². The minimum Gasteiger partial charge on any atom is -0.459 e. The van der Waals surface area contributed by atoms with Gasteiger partial charge < -0.3 is 24.7 Å². The van der Waals surface area contributed by atoms with Crippen molar-refractivity contribution < 1.29 is 41.1 Å². The summed E-state index contributed by atoms with van der Waals surface area (Å²) in [5.41, 5.74) is -0.0398. The standard InChI is InChI=1S/C28H21F4N3O5/c29-21-3-1-4-22(30)20(21)14-33-26(36)15-35(28(38)25-5-2-12-39-25)16-27(37)34-17-6-8-18(9-7-17)40-19-10-11-23(31)24(32)13-19/h1-13H,14-16H2,(H,33,36)(H,34,37). The van der Waals surface area contributed by atoms with Crippen LogP contribution in [0.15, 0.2) is 83.5 Å². The van der Waals surface area contributed by atoms with Crippen LogP contribution >= 0.6 is 0 Å². The maximum absolute atomic E-state index is 13.9. The first-order valence-electron chi connectivity index (χ1n) is 11.7. The van der Waals surface area contributed by atoms with Crippen LogP contribution in [0.4, 0.5) is 23.2 Å². The first kappa shape index (κ1) is 27.9. The molecule has 0 fully saturated rings. The number of rotatable bonds is 10. The van der Waals surface area contributed by atoms with E-state index in [2.05, 4.69) is 10.6 Å². The van der Waals surface area contributed by atoms with Gasteiger partial charge in [0.25, 0.3) is 5.91 Å². The Kier molecular flexibility index (Phi) is 8.79. The average Bonchev–Trinajstić information content (AvgIpc) is 3.46. The summed E-state index contributed by atoms with van der Waals surface area (Å²) in [6.07, 6.45) is 1.25. The molecule has 0 aliphatic rings. The second-order valence-electron chi connectivity index (χ2n) is 8.37. The zero-order valence-electron chi connectivity index (χ0n) is 20.6. The maximum Gasteiger partial charge on any atom is 0.290 e. The van der Waals surface area contributed by atoms with E-state index in [4.69, 9.17) is 9.15 Å². The topological polar surface area (TPSA) is 101 Å². The van der Waals surface area contributed by atoms with Gasteiger partial charge in [0.15, 0.2) is 17.4 Å². The van der Waals surface area contributed by atoms with E-state index in [0.29, 0.717) is 5.69 Å². The molecule has 3 amide bonds. The van der Waals surface area contributed by atoms with Crippen molar-refractivity contribution in [2.75, 3.05) is 18.4 Å². The zero-order chi connectivity index (χ0) is 28.6. The highest BCUT2D eigenvalue weighted by atomic mass is 19.2. The van der Waals surface area contributed by atoms with Crippen molar-refractivity contribution in [2.45, 2.75) is 6.54 Å². The summed E-state index contributed by atoms with van der Waals surface area (Å²) in [4.78, 5) is 39.0. The van der Waals surface area contributed by atoms with Crippen LogP contribution in [-0.4, -0.2) is 35.7 Å². The number of ether oxygens (including phenoxy) is 1. The predicted octanol–water partition coefficient (Wildman–Crippen LogP) is 5.03. The van der Waals surface area contributed by atoms with Gasteiger partial charge in [-0.15, -0.1) is 0 Å². The Hall–Kier alpha value is -5.13. The predicted molar refractivity (Wildman–Crippen MR) is 134 cm³/mol. The summed E-state index contributed by atoms with van der Waals surface area (Å²) >= 11 is 0. The van der Waals surface area contributed by atoms with Crippen LogP contribution < -0.4 is 15.4 Å². The number of hydrogen-bond donors (Lipinski definition) is 2. The fraction of sp³-hybridized carbons (Fsp3) is 0.107. The van der Waals surface area contributed by atoms with Crippen molar-refractivity contribution in [1.82, 2.24) is 10.2 Å². The molecule has 8 nitrogen and oxygen atoms in total. The molecule has 206 valence electrons. The molecular formula is C28H21F4N3O5. The molecule has 0 aliphatic carbocycles. The number of anilines is 1. The summed E-state index contributed by atoms with van der Waals surface area (Å²) < 4.78 is 64.7. The van der Waals surface area contributed by atoms with Gasteiger partial charge in [0.1, 0.15) is 36.2 Å². The van der Waals surface area contributed by atoms with Crippen molar-refractivity contribution in [3.05, 3.63) is 114 Å². The molecule has 12 heteroatoms. The molecule has 0 saturated heterocycles. The van der Waals surface area contributed by atoms with Crippen molar-refractivity contribution in [1.29, 1.82) is 0 Å². The highest BCUT2D eigenvalue weighted by molar-refractivity contribution is 5.99. The lowest BCUT2D eigenvalue weighted by Crippen LogP contribution is -2.44. The molecule has 3 aromatic carbocycles. The summed E-state index contributed by atoms with van der Waals surface area (Å²) in [7, 11) is 0. The van der Waals surface area contributed by atoms with Crippen LogP contribution in [-0.2, 0) is 16.1 Å². The van der Waals surface area contributed by atoms with Gasteiger partial charge in [-0.05, 0) is 60.7 Å². The first-order chi connectivity index (χ1) is 19.2. The third-order valence-electron chi connectivity index (χ3n) is 5.48. The normalized spacial score (nSPS) is 10.6. The van der Waals surface area contributed by atoms with E-state index in [0.717, 1.165) is 29.2 Å². The van der Waals surface area contributed by atoms with Gasteiger partial charge in [0.05, 0.1) is 6.26 Å². The Bertz CT molecular complexity index is 1490. The van der Waals surface area contributed by atoms with Crippen LogP contribution in [0, 0.1) is 23.3 Å². The zero-order valence-corrected chi connectivity index (χ0v) is 20.6. The van der Waals surface area contributed by atoms with E-state index in [9.17, 15) is 31.9 Å². The number of nitrogens with zero attached hydrogens (tertiary/aromatic N) is 1. The lowest BCUT2D eigenvalue weighted by Gasteiger charge is -2.21. The molecular weight excluding hydrogens is 534 g/mol. The Morgan fingerprint density at radius 1 is 0.750 bits per heavy atom. The Morgan fingerprint density at radius 2 is 1.43 bits per heavy atom. The fourth-order valence-corrected chi connectivity index (χ4v) is 3.53. The molecule has 0 unspecified atom stereocenters.